The Labute approximate surface area is 273 Å². The number of para-hydroxylation sites is 2. The smallest absolute Gasteiger partial charge is 0.140 e. The Morgan fingerprint density at radius 3 is 1.51 bits per heavy atom. The molecule has 1 heterocycles. The molecule has 1 aliphatic heterocycles. The highest BCUT2D eigenvalue weighted by molar-refractivity contribution is 6.02. The summed E-state index contributed by atoms with van der Waals surface area (Å²) < 4.78 is 7.13. The molecule has 8 aromatic carbocycles. The van der Waals surface area contributed by atoms with Crippen molar-refractivity contribution in [2.45, 2.75) is 5.41 Å². The molecule has 0 N–H and O–H groups in total. The van der Waals surface area contributed by atoms with E-state index in [0.717, 1.165) is 39.3 Å². The normalized spacial score (nSPS) is 13.4. The van der Waals surface area contributed by atoms with Gasteiger partial charge in [0.1, 0.15) is 11.5 Å². The van der Waals surface area contributed by atoms with Crippen molar-refractivity contribution in [2.24, 2.45) is 0 Å². The van der Waals surface area contributed by atoms with Crippen molar-refractivity contribution in [3.05, 3.63) is 198 Å². The molecule has 0 radical (unpaired) electrons. The Morgan fingerprint density at radius 2 is 0.894 bits per heavy atom. The first-order chi connectivity index (χ1) is 23.3. The number of nitrogens with zero attached hydrogens (tertiary/aromatic N) is 1. The third-order valence-corrected chi connectivity index (χ3v) is 10.1. The summed E-state index contributed by atoms with van der Waals surface area (Å²) in [6.07, 6.45) is 0. The highest BCUT2D eigenvalue weighted by atomic mass is 16.5. The van der Waals surface area contributed by atoms with Crippen LogP contribution in [0.15, 0.2) is 176 Å². The number of ether oxygens (including phenoxy) is 1. The van der Waals surface area contributed by atoms with Gasteiger partial charge in [0.2, 0.25) is 0 Å². The topological polar surface area (TPSA) is 12.5 Å². The minimum absolute atomic E-state index is 0.585. The SMILES string of the molecule is c1ccc(N(c2ccccc2)c2cccc3c2-c2ccccc2C32c3ccc4ccccc4c3Oc3c2ccc2ccccc32)cc1. The maximum Gasteiger partial charge on any atom is 0.140 e. The van der Waals surface area contributed by atoms with Gasteiger partial charge in [0.05, 0.1) is 11.1 Å². The molecule has 10 rings (SSSR count). The molecule has 1 aliphatic carbocycles. The number of fused-ring (bicyclic) bond motifs is 13. The number of hydrogen-bond acceptors (Lipinski definition) is 2. The van der Waals surface area contributed by atoms with Crippen LogP contribution in [0.3, 0.4) is 0 Å². The second-order valence-corrected chi connectivity index (χ2v) is 12.4. The first kappa shape index (κ1) is 26.1. The molecule has 0 saturated carbocycles. The summed E-state index contributed by atoms with van der Waals surface area (Å²) in [5.41, 5.74) is 10.2. The molecule has 47 heavy (non-hydrogen) atoms. The number of anilines is 3. The highest BCUT2D eigenvalue weighted by Crippen LogP contribution is 2.65. The van der Waals surface area contributed by atoms with E-state index in [2.05, 4.69) is 181 Å². The van der Waals surface area contributed by atoms with Gasteiger partial charge in [-0.15, -0.1) is 0 Å². The molecule has 1 spiro atoms. The summed E-state index contributed by atoms with van der Waals surface area (Å²) >= 11 is 0. The van der Waals surface area contributed by atoms with Gasteiger partial charge in [-0.05, 0) is 57.8 Å². The zero-order valence-electron chi connectivity index (χ0n) is 25.6. The molecule has 2 aliphatic rings. The second kappa shape index (κ2) is 9.94. The maximum atomic E-state index is 7.13. The summed E-state index contributed by atoms with van der Waals surface area (Å²) in [7, 11) is 0. The molecule has 0 saturated heterocycles. The van der Waals surface area contributed by atoms with Crippen LogP contribution >= 0.6 is 0 Å². The fourth-order valence-corrected chi connectivity index (χ4v) is 8.20. The lowest BCUT2D eigenvalue weighted by Gasteiger charge is -2.40. The fourth-order valence-electron chi connectivity index (χ4n) is 8.20. The number of rotatable bonds is 3. The lowest BCUT2D eigenvalue weighted by atomic mass is 9.65. The van der Waals surface area contributed by atoms with Crippen LogP contribution in [0.5, 0.6) is 11.5 Å². The summed E-state index contributed by atoms with van der Waals surface area (Å²) in [4.78, 5) is 2.40. The first-order valence-corrected chi connectivity index (χ1v) is 16.2. The van der Waals surface area contributed by atoms with Crippen LogP contribution in [0, 0.1) is 0 Å². The Kier molecular flexibility index (Phi) is 5.53. The van der Waals surface area contributed by atoms with Crippen molar-refractivity contribution in [1.82, 2.24) is 0 Å². The third-order valence-electron chi connectivity index (χ3n) is 10.1. The molecule has 0 amide bonds. The van der Waals surface area contributed by atoms with Crippen LogP contribution in [-0.2, 0) is 5.41 Å². The number of benzene rings is 8. The number of hydrogen-bond donors (Lipinski definition) is 0. The molecule has 220 valence electrons. The van der Waals surface area contributed by atoms with Gasteiger partial charge in [-0.2, -0.15) is 0 Å². The lowest BCUT2D eigenvalue weighted by molar-refractivity contribution is 0.447. The van der Waals surface area contributed by atoms with Gasteiger partial charge in [0, 0.05) is 38.8 Å². The van der Waals surface area contributed by atoms with Crippen LogP contribution in [0.2, 0.25) is 0 Å². The Bertz CT molecular complexity index is 2370. The van der Waals surface area contributed by atoms with E-state index in [9.17, 15) is 0 Å². The zero-order chi connectivity index (χ0) is 31.0. The van der Waals surface area contributed by atoms with Crippen LogP contribution < -0.4 is 9.64 Å². The summed E-state index contributed by atoms with van der Waals surface area (Å²) in [6, 6.07) is 63.6. The van der Waals surface area contributed by atoms with Gasteiger partial charge in [0.25, 0.3) is 0 Å². The van der Waals surface area contributed by atoms with Crippen LogP contribution in [-0.4, -0.2) is 0 Å². The van der Waals surface area contributed by atoms with E-state index in [-0.39, 0.29) is 0 Å². The van der Waals surface area contributed by atoms with E-state index < -0.39 is 5.41 Å². The van der Waals surface area contributed by atoms with Crippen molar-refractivity contribution in [3.63, 3.8) is 0 Å². The van der Waals surface area contributed by atoms with Crippen LogP contribution in [0.1, 0.15) is 22.3 Å². The largest absolute Gasteiger partial charge is 0.455 e. The van der Waals surface area contributed by atoms with Gasteiger partial charge in [-0.3, -0.25) is 0 Å². The van der Waals surface area contributed by atoms with Gasteiger partial charge >= 0.3 is 0 Å². The fraction of sp³-hybridized carbons (Fsp3) is 0.0222. The van der Waals surface area contributed by atoms with Gasteiger partial charge in [-0.25, -0.2) is 0 Å². The van der Waals surface area contributed by atoms with Gasteiger partial charge in [0.15, 0.2) is 0 Å². The maximum absolute atomic E-state index is 7.13. The Hall–Kier alpha value is -6.12. The first-order valence-electron chi connectivity index (χ1n) is 16.2. The Morgan fingerprint density at radius 1 is 0.383 bits per heavy atom. The summed E-state index contributed by atoms with van der Waals surface area (Å²) in [5, 5.41) is 4.59. The third kappa shape index (κ3) is 3.55. The lowest BCUT2D eigenvalue weighted by Crippen LogP contribution is -2.32. The molecule has 0 atom stereocenters. The predicted octanol–water partition coefficient (Wildman–Crippen LogP) is 11.9. The van der Waals surface area contributed by atoms with E-state index in [1.54, 1.807) is 0 Å². The molecule has 8 aromatic rings. The summed E-state index contributed by atoms with van der Waals surface area (Å²) in [5.74, 6) is 1.87. The molecular formula is C45H29NO. The van der Waals surface area contributed by atoms with Gasteiger partial charge in [-0.1, -0.05) is 146 Å². The van der Waals surface area contributed by atoms with Crippen molar-refractivity contribution < 1.29 is 4.74 Å². The second-order valence-electron chi connectivity index (χ2n) is 12.4. The van der Waals surface area contributed by atoms with Crippen molar-refractivity contribution in [3.8, 4) is 22.6 Å². The van der Waals surface area contributed by atoms with Gasteiger partial charge < -0.3 is 9.64 Å². The summed E-state index contributed by atoms with van der Waals surface area (Å²) in [6.45, 7) is 0. The minimum atomic E-state index is -0.585. The molecule has 0 bridgehead atoms. The minimum Gasteiger partial charge on any atom is -0.455 e. The van der Waals surface area contributed by atoms with Crippen molar-refractivity contribution in [2.75, 3.05) is 4.90 Å². The standard InChI is InChI=1S/C45H29NO/c1-3-16-32(17-4-1)46(33-18-5-2-6-19-33)41-25-13-24-38-42(41)36-22-11-12-23-37(36)45(38)39-28-26-30-14-7-9-20-34(30)43(39)47-44-35-21-10-8-15-31(35)27-29-40(44)45/h1-29H. The average Bonchev–Trinajstić information content (AvgIpc) is 3.44. The van der Waals surface area contributed by atoms with Crippen molar-refractivity contribution >= 4 is 38.6 Å². The molecule has 0 unspecified atom stereocenters. The quantitative estimate of drug-likeness (QED) is 0.200. The Balaban J connectivity index is 1.37. The molecule has 2 heteroatoms. The molecule has 0 aromatic heterocycles. The van der Waals surface area contributed by atoms with Crippen LogP contribution in [0.4, 0.5) is 17.1 Å². The highest BCUT2D eigenvalue weighted by Gasteiger charge is 2.52. The molecule has 2 nitrogen and oxygen atoms in total. The average molecular weight is 600 g/mol. The van der Waals surface area contributed by atoms with Crippen LogP contribution in [0.25, 0.3) is 32.7 Å². The molecule has 0 fully saturated rings. The van der Waals surface area contributed by atoms with E-state index in [1.807, 2.05) is 0 Å². The van der Waals surface area contributed by atoms with E-state index in [0.29, 0.717) is 0 Å². The van der Waals surface area contributed by atoms with E-state index >= 15 is 0 Å². The van der Waals surface area contributed by atoms with E-state index in [4.69, 9.17) is 4.74 Å². The van der Waals surface area contributed by atoms with Crippen molar-refractivity contribution in [1.29, 1.82) is 0 Å². The molecular weight excluding hydrogens is 571 g/mol. The van der Waals surface area contributed by atoms with E-state index in [1.165, 1.54) is 44.2 Å². The monoisotopic (exact) mass is 599 g/mol. The zero-order valence-corrected chi connectivity index (χ0v) is 25.6. The predicted molar refractivity (Wildman–Crippen MR) is 194 cm³/mol.